The molecule has 0 saturated carbocycles. The Morgan fingerprint density at radius 2 is 2.00 bits per heavy atom. The topological polar surface area (TPSA) is 120 Å². The summed E-state index contributed by atoms with van der Waals surface area (Å²) >= 11 is 1.46. The van der Waals surface area contributed by atoms with Crippen molar-refractivity contribution >= 4 is 34.6 Å². The zero-order chi connectivity index (χ0) is 19.4. The third kappa shape index (κ3) is 4.19. The summed E-state index contributed by atoms with van der Waals surface area (Å²) in [5.41, 5.74) is 0.732. The molecule has 0 aliphatic rings. The first kappa shape index (κ1) is 19.8. The minimum atomic E-state index is -1.36. The average Bonchev–Trinajstić information content (AvgIpc) is 2.58. The number of aromatic hydroxyl groups is 1. The van der Waals surface area contributed by atoms with Gasteiger partial charge in [0.25, 0.3) is 0 Å². The lowest BCUT2D eigenvalue weighted by Gasteiger charge is -2.19. The number of nitrogens with one attached hydrogen (secondary N) is 1. The van der Waals surface area contributed by atoms with Gasteiger partial charge >= 0.3 is 5.63 Å². The van der Waals surface area contributed by atoms with E-state index >= 15 is 0 Å². The van der Waals surface area contributed by atoms with Crippen LogP contribution in [0.2, 0.25) is 0 Å². The average molecular weight is 378 g/mol. The van der Waals surface area contributed by atoms with Crippen LogP contribution in [0.1, 0.15) is 23.1 Å². The quantitative estimate of drug-likeness (QED) is 0.679. The van der Waals surface area contributed by atoms with Crippen molar-refractivity contribution in [2.75, 3.05) is 12.0 Å². The summed E-state index contributed by atoms with van der Waals surface area (Å²) < 4.78 is 5.28. The molecule has 26 heavy (non-hydrogen) atoms. The number of fused-ring (bicyclic) bond motifs is 1. The molecule has 7 nitrogen and oxygen atoms in total. The number of carboxylic acid groups (broad SMARTS) is 1. The van der Waals surface area contributed by atoms with Gasteiger partial charge < -0.3 is 24.7 Å². The number of aliphatic carboxylic acids is 1. The molecule has 0 fully saturated rings. The molecular weight excluding hydrogens is 358 g/mol. The molecule has 1 atom stereocenters. The van der Waals surface area contributed by atoms with E-state index in [0.29, 0.717) is 22.3 Å². The molecule has 0 radical (unpaired) electrons. The predicted molar refractivity (Wildman–Crippen MR) is 97.3 cm³/mol. The van der Waals surface area contributed by atoms with Crippen molar-refractivity contribution in [1.29, 1.82) is 0 Å². The van der Waals surface area contributed by atoms with E-state index in [1.165, 1.54) is 17.8 Å². The fourth-order valence-corrected chi connectivity index (χ4v) is 3.14. The lowest BCUT2D eigenvalue weighted by Crippen LogP contribution is -2.48. The highest BCUT2D eigenvalue weighted by Crippen LogP contribution is 2.28. The molecule has 1 aromatic carbocycles. The van der Waals surface area contributed by atoms with Crippen LogP contribution in [-0.2, 0) is 16.0 Å². The standard InChI is InChI=1S/C18H21NO6S/c1-9-11-4-5-14(20)10(2)16(11)25-18(24)12(9)8-15(21)19-13(17(22)23)6-7-26-3/h4-5,13,20H,6-8H2,1-3H3,(H,19,21)(H,22,23)/p-1/t13-/m0/s1. The van der Waals surface area contributed by atoms with E-state index in [1.54, 1.807) is 19.9 Å². The summed E-state index contributed by atoms with van der Waals surface area (Å²) in [4.78, 5) is 35.6. The van der Waals surface area contributed by atoms with Gasteiger partial charge in [-0.05, 0) is 50.0 Å². The first-order valence-electron chi connectivity index (χ1n) is 8.00. The molecule has 2 rings (SSSR count). The van der Waals surface area contributed by atoms with Crippen molar-refractivity contribution in [3.63, 3.8) is 0 Å². The maximum atomic E-state index is 12.3. The molecule has 0 bridgehead atoms. The van der Waals surface area contributed by atoms with Crippen LogP contribution in [0.4, 0.5) is 0 Å². The maximum absolute atomic E-state index is 12.3. The highest BCUT2D eigenvalue weighted by Gasteiger charge is 2.19. The van der Waals surface area contributed by atoms with Crippen LogP contribution in [0.3, 0.4) is 0 Å². The van der Waals surface area contributed by atoms with E-state index in [9.17, 15) is 24.6 Å². The minimum absolute atomic E-state index is 0.0103. The highest BCUT2D eigenvalue weighted by atomic mass is 32.2. The third-order valence-electron chi connectivity index (χ3n) is 4.24. The smallest absolute Gasteiger partial charge is 0.340 e. The van der Waals surface area contributed by atoms with Gasteiger partial charge in [0.2, 0.25) is 5.91 Å². The third-order valence-corrected chi connectivity index (χ3v) is 4.89. The molecule has 8 heteroatoms. The van der Waals surface area contributed by atoms with E-state index in [2.05, 4.69) is 5.32 Å². The van der Waals surface area contributed by atoms with Gasteiger partial charge in [-0.25, -0.2) is 4.79 Å². The Hall–Kier alpha value is -2.48. The molecule has 2 N–H and O–H groups in total. The first-order valence-corrected chi connectivity index (χ1v) is 9.39. The van der Waals surface area contributed by atoms with Gasteiger partial charge in [0.1, 0.15) is 11.3 Å². The number of hydrogen-bond donors (Lipinski definition) is 2. The predicted octanol–water partition coefficient (Wildman–Crippen LogP) is 0.646. The minimum Gasteiger partial charge on any atom is -0.548 e. The van der Waals surface area contributed by atoms with Crippen LogP contribution in [0.15, 0.2) is 21.3 Å². The van der Waals surface area contributed by atoms with E-state index in [-0.39, 0.29) is 29.7 Å². The van der Waals surface area contributed by atoms with Gasteiger partial charge in [0.05, 0.1) is 24.0 Å². The second-order valence-electron chi connectivity index (χ2n) is 5.98. The lowest BCUT2D eigenvalue weighted by molar-refractivity contribution is -0.308. The summed E-state index contributed by atoms with van der Waals surface area (Å²) in [6, 6.07) is 1.99. The van der Waals surface area contributed by atoms with Crippen LogP contribution in [0, 0.1) is 13.8 Å². The number of amides is 1. The summed E-state index contributed by atoms with van der Waals surface area (Å²) in [7, 11) is 0. The zero-order valence-corrected chi connectivity index (χ0v) is 15.6. The molecule has 1 heterocycles. The maximum Gasteiger partial charge on any atom is 0.340 e. The van der Waals surface area contributed by atoms with E-state index in [4.69, 9.17) is 4.42 Å². The SMILES string of the molecule is CSCC[C@H](NC(=O)Cc1c(C)c2ccc(O)c(C)c2oc1=O)C(=O)[O-]. The van der Waals surface area contributed by atoms with Crippen molar-refractivity contribution < 1.29 is 24.2 Å². The Balaban J connectivity index is 2.30. The molecule has 1 amide bonds. The molecule has 0 spiro atoms. The number of benzene rings is 1. The number of aryl methyl sites for hydroxylation is 2. The Bertz CT molecular complexity index is 905. The number of rotatable bonds is 7. The summed E-state index contributed by atoms with van der Waals surface area (Å²) in [5.74, 6) is -1.39. The van der Waals surface area contributed by atoms with Crippen LogP contribution >= 0.6 is 11.8 Å². The fraction of sp³-hybridized carbons (Fsp3) is 0.389. The molecule has 0 aliphatic carbocycles. The van der Waals surface area contributed by atoms with Gasteiger partial charge in [-0.1, -0.05) is 0 Å². The zero-order valence-electron chi connectivity index (χ0n) is 14.8. The van der Waals surface area contributed by atoms with Crippen LogP contribution in [0.5, 0.6) is 5.75 Å². The van der Waals surface area contributed by atoms with Crippen LogP contribution in [-0.4, -0.2) is 35.0 Å². The molecule has 2 aromatic rings. The summed E-state index contributed by atoms with van der Waals surface area (Å²) in [6.07, 6.45) is 1.77. The van der Waals surface area contributed by atoms with Crippen LogP contribution in [0.25, 0.3) is 11.0 Å². The second kappa shape index (κ2) is 8.27. The Labute approximate surface area is 154 Å². The second-order valence-corrected chi connectivity index (χ2v) is 6.96. The highest BCUT2D eigenvalue weighted by molar-refractivity contribution is 7.98. The number of carbonyl (C=O) groups is 2. The number of phenols is 1. The normalized spacial score (nSPS) is 12.1. The molecule has 1 aromatic heterocycles. The van der Waals surface area contributed by atoms with Gasteiger partial charge in [-0.15, -0.1) is 0 Å². The summed E-state index contributed by atoms with van der Waals surface area (Å²) in [5, 5.41) is 23.9. The number of phenolic OH excluding ortho intramolecular Hbond substituents is 1. The fourth-order valence-electron chi connectivity index (χ4n) is 2.67. The van der Waals surface area contributed by atoms with Crippen molar-refractivity contribution in [2.24, 2.45) is 0 Å². The molecule has 0 unspecified atom stereocenters. The van der Waals surface area contributed by atoms with E-state index in [0.717, 1.165) is 0 Å². The van der Waals surface area contributed by atoms with Gasteiger partial charge in [0.15, 0.2) is 0 Å². The van der Waals surface area contributed by atoms with E-state index in [1.807, 2.05) is 6.26 Å². The van der Waals surface area contributed by atoms with Crippen molar-refractivity contribution in [3.05, 3.63) is 39.2 Å². The molecular formula is C18H20NO6S-. The van der Waals surface area contributed by atoms with Crippen molar-refractivity contribution in [1.82, 2.24) is 5.32 Å². The Morgan fingerprint density at radius 3 is 2.62 bits per heavy atom. The van der Waals surface area contributed by atoms with Crippen molar-refractivity contribution in [3.8, 4) is 5.75 Å². The molecule has 0 saturated heterocycles. The summed E-state index contributed by atoms with van der Waals surface area (Å²) in [6.45, 7) is 3.31. The number of carbonyl (C=O) groups excluding carboxylic acids is 2. The van der Waals surface area contributed by atoms with Gasteiger partial charge in [-0.3, -0.25) is 4.79 Å². The van der Waals surface area contributed by atoms with Crippen LogP contribution < -0.4 is 16.0 Å². The monoisotopic (exact) mass is 378 g/mol. The Morgan fingerprint density at radius 1 is 1.31 bits per heavy atom. The largest absolute Gasteiger partial charge is 0.548 e. The molecule has 0 aliphatic heterocycles. The Kier molecular flexibility index (Phi) is 6.31. The molecule has 140 valence electrons. The number of carboxylic acids is 1. The number of thioether (sulfide) groups is 1. The number of hydrogen-bond acceptors (Lipinski definition) is 7. The van der Waals surface area contributed by atoms with Gasteiger partial charge in [-0.2, -0.15) is 11.8 Å². The van der Waals surface area contributed by atoms with E-state index < -0.39 is 23.5 Å². The van der Waals surface area contributed by atoms with Gasteiger partial charge in [0, 0.05) is 10.9 Å². The lowest BCUT2D eigenvalue weighted by atomic mass is 10.0. The van der Waals surface area contributed by atoms with Crippen molar-refractivity contribution in [2.45, 2.75) is 32.7 Å². The first-order chi connectivity index (χ1) is 12.3.